The molecule has 2 aliphatic heterocycles. The SMILES string of the molecule is NC(=NCCN1CCSCC1)N1CCN(c2ccc(F)cc2)CC1. The number of hydrogen-bond acceptors (Lipinski definition) is 4. The highest BCUT2D eigenvalue weighted by Gasteiger charge is 2.18. The molecule has 1 aromatic rings. The number of piperazine rings is 1. The Kier molecular flexibility index (Phi) is 6.20. The lowest BCUT2D eigenvalue weighted by Crippen LogP contribution is -2.51. The first-order chi connectivity index (χ1) is 11.7. The summed E-state index contributed by atoms with van der Waals surface area (Å²) < 4.78 is 13.0. The predicted octanol–water partition coefficient (Wildman–Crippen LogP) is 1.31. The van der Waals surface area contributed by atoms with Crippen molar-refractivity contribution >= 4 is 23.4 Å². The number of thioether (sulfide) groups is 1. The second kappa shape index (κ2) is 8.58. The number of hydrogen-bond donors (Lipinski definition) is 1. The molecular formula is C17H26FN5S. The number of anilines is 1. The second-order valence-electron chi connectivity index (χ2n) is 6.14. The summed E-state index contributed by atoms with van der Waals surface area (Å²) in [4.78, 5) is 11.4. The largest absolute Gasteiger partial charge is 0.370 e. The molecule has 0 radical (unpaired) electrons. The van der Waals surface area contributed by atoms with E-state index in [9.17, 15) is 4.39 Å². The number of nitrogens with zero attached hydrogens (tertiary/aromatic N) is 4. The van der Waals surface area contributed by atoms with Gasteiger partial charge in [0.15, 0.2) is 5.96 Å². The topological polar surface area (TPSA) is 48.1 Å². The first kappa shape index (κ1) is 17.4. The summed E-state index contributed by atoms with van der Waals surface area (Å²) in [5.41, 5.74) is 7.22. The Labute approximate surface area is 147 Å². The average molecular weight is 351 g/mol. The number of benzene rings is 1. The lowest BCUT2D eigenvalue weighted by molar-refractivity contribution is 0.310. The van der Waals surface area contributed by atoms with Crippen LogP contribution in [-0.2, 0) is 0 Å². The fourth-order valence-electron chi connectivity index (χ4n) is 3.08. The molecule has 7 heteroatoms. The van der Waals surface area contributed by atoms with Crippen molar-refractivity contribution in [3.8, 4) is 0 Å². The van der Waals surface area contributed by atoms with E-state index in [2.05, 4.69) is 19.7 Å². The van der Waals surface area contributed by atoms with Crippen LogP contribution >= 0.6 is 11.8 Å². The zero-order chi connectivity index (χ0) is 16.8. The van der Waals surface area contributed by atoms with Gasteiger partial charge in [0, 0.05) is 63.0 Å². The summed E-state index contributed by atoms with van der Waals surface area (Å²) in [7, 11) is 0. The Morgan fingerprint density at radius 1 is 1.04 bits per heavy atom. The zero-order valence-corrected chi connectivity index (χ0v) is 14.8. The Morgan fingerprint density at radius 2 is 1.71 bits per heavy atom. The molecule has 24 heavy (non-hydrogen) atoms. The minimum absolute atomic E-state index is 0.193. The van der Waals surface area contributed by atoms with E-state index in [1.807, 2.05) is 23.9 Å². The Bertz CT molecular complexity index is 536. The fourth-order valence-corrected chi connectivity index (χ4v) is 4.06. The van der Waals surface area contributed by atoms with E-state index in [4.69, 9.17) is 5.73 Å². The monoisotopic (exact) mass is 351 g/mol. The van der Waals surface area contributed by atoms with Crippen LogP contribution in [-0.4, -0.2) is 79.6 Å². The molecule has 0 unspecified atom stereocenters. The van der Waals surface area contributed by atoms with Crippen molar-refractivity contribution in [2.75, 3.05) is 68.8 Å². The third-order valence-corrected chi connectivity index (χ3v) is 5.53. The highest BCUT2D eigenvalue weighted by atomic mass is 32.2. The molecule has 0 spiro atoms. The first-order valence-electron chi connectivity index (χ1n) is 8.58. The van der Waals surface area contributed by atoms with Crippen molar-refractivity contribution in [3.63, 3.8) is 0 Å². The van der Waals surface area contributed by atoms with E-state index in [-0.39, 0.29) is 5.82 Å². The molecule has 2 saturated heterocycles. The molecule has 0 atom stereocenters. The summed E-state index contributed by atoms with van der Waals surface area (Å²) in [6, 6.07) is 6.69. The van der Waals surface area contributed by atoms with Gasteiger partial charge in [0.25, 0.3) is 0 Å². The molecule has 2 aliphatic rings. The van der Waals surface area contributed by atoms with Crippen molar-refractivity contribution in [1.82, 2.24) is 9.80 Å². The second-order valence-corrected chi connectivity index (χ2v) is 7.37. The van der Waals surface area contributed by atoms with Gasteiger partial charge in [-0.3, -0.25) is 9.89 Å². The number of guanidine groups is 1. The van der Waals surface area contributed by atoms with Gasteiger partial charge in [-0.25, -0.2) is 4.39 Å². The van der Waals surface area contributed by atoms with E-state index in [1.54, 1.807) is 0 Å². The Morgan fingerprint density at radius 3 is 2.38 bits per heavy atom. The van der Waals surface area contributed by atoms with Crippen molar-refractivity contribution in [2.45, 2.75) is 0 Å². The number of aliphatic imine (C=N–C) groups is 1. The minimum atomic E-state index is -0.193. The average Bonchev–Trinajstić information content (AvgIpc) is 2.63. The van der Waals surface area contributed by atoms with Crippen LogP contribution in [0.4, 0.5) is 10.1 Å². The molecular weight excluding hydrogens is 325 g/mol. The lowest BCUT2D eigenvalue weighted by Gasteiger charge is -2.36. The molecule has 2 heterocycles. The first-order valence-corrected chi connectivity index (χ1v) is 9.73. The van der Waals surface area contributed by atoms with E-state index in [1.165, 1.54) is 23.6 Å². The Balaban J connectivity index is 1.43. The maximum absolute atomic E-state index is 13.0. The van der Waals surface area contributed by atoms with Gasteiger partial charge in [-0.05, 0) is 24.3 Å². The molecule has 0 saturated carbocycles. The van der Waals surface area contributed by atoms with E-state index in [0.717, 1.165) is 58.0 Å². The Hall–Kier alpha value is -1.47. The van der Waals surface area contributed by atoms with Gasteiger partial charge in [-0.2, -0.15) is 11.8 Å². The highest BCUT2D eigenvalue weighted by Crippen LogP contribution is 2.16. The summed E-state index contributed by atoms with van der Waals surface area (Å²) in [6.07, 6.45) is 0. The standard InChI is InChI=1S/C17H26FN5S/c18-15-1-3-16(4-2-15)22-7-9-23(10-8-22)17(19)20-5-6-21-11-13-24-14-12-21/h1-4H,5-14H2,(H2,19,20). The van der Waals surface area contributed by atoms with Crippen LogP contribution in [0.2, 0.25) is 0 Å². The smallest absolute Gasteiger partial charge is 0.191 e. The molecule has 2 N–H and O–H groups in total. The minimum Gasteiger partial charge on any atom is -0.370 e. The van der Waals surface area contributed by atoms with Crippen molar-refractivity contribution in [3.05, 3.63) is 30.1 Å². The normalized spacial score (nSPS) is 20.5. The van der Waals surface area contributed by atoms with Crippen LogP contribution in [0.1, 0.15) is 0 Å². The molecule has 0 bridgehead atoms. The van der Waals surface area contributed by atoms with E-state index in [0.29, 0.717) is 5.96 Å². The molecule has 5 nitrogen and oxygen atoms in total. The van der Waals surface area contributed by atoms with Crippen molar-refractivity contribution in [1.29, 1.82) is 0 Å². The van der Waals surface area contributed by atoms with E-state index < -0.39 is 0 Å². The summed E-state index contributed by atoms with van der Waals surface area (Å²) >= 11 is 2.02. The quantitative estimate of drug-likeness (QED) is 0.655. The molecule has 0 aliphatic carbocycles. The van der Waals surface area contributed by atoms with Crippen LogP contribution in [0.15, 0.2) is 29.3 Å². The lowest BCUT2D eigenvalue weighted by atomic mass is 10.2. The van der Waals surface area contributed by atoms with Gasteiger partial charge in [0.05, 0.1) is 6.54 Å². The van der Waals surface area contributed by atoms with E-state index >= 15 is 0 Å². The molecule has 0 aromatic heterocycles. The number of halogens is 1. The van der Waals surface area contributed by atoms with Crippen LogP contribution < -0.4 is 10.6 Å². The number of rotatable bonds is 4. The zero-order valence-electron chi connectivity index (χ0n) is 14.0. The van der Waals surface area contributed by atoms with Crippen molar-refractivity contribution in [2.24, 2.45) is 10.7 Å². The van der Waals surface area contributed by atoms with Crippen LogP contribution in [0, 0.1) is 5.82 Å². The third-order valence-electron chi connectivity index (χ3n) is 4.59. The molecule has 132 valence electrons. The number of nitrogens with two attached hydrogens (primary N) is 1. The molecule has 0 amide bonds. The molecule has 3 rings (SSSR count). The van der Waals surface area contributed by atoms with Crippen molar-refractivity contribution < 1.29 is 4.39 Å². The van der Waals surface area contributed by atoms with Gasteiger partial charge in [-0.1, -0.05) is 0 Å². The van der Waals surface area contributed by atoms with Gasteiger partial charge < -0.3 is 15.5 Å². The van der Waals surface area contributed by atoms with Gasteiger partial charge in [0.1, 0.15) is 5.82 Å². The van der Waals surface area contributed by atoms with Crippen LogP contribution in [0.3, 0.4) is 0 Å². The highest BCUT2D eigenvalue weighted by molar-refractivity contribution is 7.99. The fraction of sp³-hybridized carbons (Fsp3) is 0.588. The predicted molar refractivity (Wildman–Crippen MR) is 100 cm³/mol. The van der Waals surface area contributed by atoms with Crippen LogP contribution in [0.25, 0.3) is 0 Å². The maximum Gasteiger partial charge on any atom is 0.191 e. The summed E-state index contributed by atoms with van der Waals surface area (Å²) in [5, 5.41) is 0. The molecule has 1 aromatic carbocycles. The van der Waals surface area contributed by atoms with Crippen LogP contribution in [0.5, 0.6) is 0 Å². The van der Waals surface area contributed by atoms with Gasteiger partial charge in [-0.15, -0.1) is 0 Å². The molecule has 2 fully saturated rings. The summed E-state index contributed by atoms with van der Waals surface area (Å²) in [6.45, 7) is 7.56. The third kappa shape index (κ3) is 4.77. The summed E-state index contributed by atoms with van der Waals surface area (Å²) in [5.74, 6) is 2.91. The maximum atomic E-state index is 13.0. The van der Waals surface area contributed by atoms with Gasteiger partial charge in [0.2, 0.25) is 0 Å². The van der Waals surface area contributed by atoms with Gasteiger partial charge >= 0.3 is 0 Å².